The summed E-state index contributed by atoms with van der Waals surface area (Å²) in [5, 5.41) is 3.17. The lowest BCUT2D eigenvalue weighted by molar-refractivity contribution is 0.122. The lowest BCUT2D eigenvalue weighted by atomic mass is 10.1. The van der Waals surface area contributed by atoms with Crippen LogP contribution in [0.2, 0.25) is 0 Å². The van der Waals surface area contributed by atoms with Crippen LogP contribution in [0.3, 0.4) is 0 Å². The van der Waals surface area contributed by atoms with Crippen LogP contribution >= 0.6 is 0 Å². The average molecular weight is 250 g/mol. The molecule has 100 valence electrons. The van der Waals surface area contributed by atoms with Gasteiger partial charge in [0.25, 0.3) is 0 Å². The highest BCUT2D eigenvalue weighted by Crippen LogP contribution is 2.14. The molecule has 0 saturated carbocycles. The molecule has 0 atom stereocenters. The summed E-state index contributed by atoms with van der Waals surface area (Å²) >= 11 is 0. The molecular weight excluding hydrogens is 228 g/mol. The van der Waals surface area contributed by atoms with Gasteiger partial charge in [-0.1, -0.05) is 13.3 Å². The third kappa shape index (κ3) is 3.17. The largest absolute Gasteiger partial charge is 0.378 e. The fraction of sp³-hybridized carbons (Fsp3) is 0.692. The van der Waals surface area contributed by atoms with E-state index in [4.69, 9.17) is 9.72 Å². The number of aromatic nitrogens is 2. The number of ether oxygens (including phenoxy) is 1. The lowest BCUT2D eigenvalue weighted by Crippen LogP contribution is -2.37. The van der Waals surface area contributed by atoms with Crippen LogP contribution in [-0.4, -0.2) is 43.3 Å². The normalized spacial score (nSPS) is 16.0. The van der Waals surface area contributed by atoms with E-state index in [0.717, 1.165) is 51.6 Å². The molecule has 5 heteroatoms. The van der Waals surface area contributed by atoms with Gasteiger partial charge in [0.15, 0.2) is 0 Å². The zero-order valence-corrected chi connectivity index (χ0v) is 11.3. The van der Waals surface area contributed by atoms with Gasteiger partial charge in [0.1, 0.15) is 0 Å². The molecule has 0 spiro atoms. The van der Waals surface area contributed by atoms with E-state index >= 15 is 0 Å². The number of aryl methyl sites for hydroxylation is 1. The van der Waals surface area contributed by atoms with Gasteiger partial charge in [-0.05, 0) is 13.5 Å². The van der Waals surface area contributed by atoms with Crippen LogP contribution in [0.4, 0.5) is 5.95 Å². The van der Waals surface area contributed by atoms with E-state index in [9.17, 15) is 0 Å². The first-order valence-electron chi connectivity index (χ1n) is 6.67. The van der Waals surface area contributed by atoms with Crippen LogP contribution in [-0.2, 0) is 17.7 Å². The van der Waals surface area contributed by atoms with E-state index in [0.29, 0.717) is 0 Å². The van der Waals surface area contributed by atoms with Crippen molar-refractivity contribution in [2.24, 2.45) is 0 Å². The van der Waals surface area contributed by atoms with Gasteiger partial charge in [-0.25, -0.2) is 9.97 Å². The summed E-state index contributed by atoms with van der Waals surface area (Å²) in [6.07, 6.45) is 4.08. The van der Waals surface area contributed by atoms with Gasteiger partial charge >= 0.3 is 0 Å². The molecule has 1 aliphatic heterocycles. The van der Waals surface area contributed by atoms with Crippen LogP contribution in [0.15, 0.2) is 6.20 Å². The highest BCUT2D eigenvalue weighted by molar-refractivity contribution is 5.33. The van der Waals surface area contributed by atoms with Gasteiger partial charge in [0.2, 0.25) is 5.95 Å². The molecule has 2 rings (SSSR count). The van der Waals surface area contributed by atoms with Crippen molar-refractivity contribution < 1.29 is 4.74 Å². The second-order valence-electron chi connectivity index (χ2n) is 4.52. The minimum Gasteiger partial charge on any atom is -0.378 e. The quantitative estimate of drug-likeness (QED) is 0.844. The van der Waals surface area contributed by atoms with Crippen molar-refractivity contribution in [1.29, 1.82) is 0 Å². The Morgan fingerprint density at radius 1 is 1.39 bits per heavy atom. The number of hydrogen-bond donors (Lipinski definition) is 1. The Labute approximate surface area is 109 Å². The van der Waals surface area contributed by atoms with Crippen molar-refractivity contribution in [2.45, 2.75) is 26.3 Å². The summed E-state index contributed by atoms with van der Waals surface area (Å²) in [6.45, 7) is 6.32. The van der Waals surface area contributed by atoms with E-state index < -0.39 is 0 Å². The van der Waals surface area contributed by atoms with E-state index in [-0.39, 0.29) is 0 Å². The number of nitrogens with zero attached hydrogens (tertiary/aromatic N) is 3. The van der Waals surface area contributed by atoms with Gasteiger partial charge in [0, 0.05) is 31.4 Å². The third-order valence-electron chi connectivity index (χ3n) is 3.09. The van der Waals surface area contributed by atoms with E-state index in [2.05, 4.69) is 22.1 Å². The van der Waals surface area contributed by atoms with Crippen molar-refractivity contribution in [3.63, 3.8) is 0 Å². The first-order valence-corrected chi connectivity index (χ1v) is 6.67. The fourth-order valence-corrected chi connectivity index (χ4v) is 2.14. The first kappa shape index (κ1) is 13.2. The molecule has 0 unspecified atom stereocenters. The van der Waals surface area contributed by atoms with Crippen molar-refractivity contribution in [3.8, 4) is 0 Å². The second-order valence-corrected chi connectivity index (χ2v) is 4.52. The maximum absolute atomic E-state index is 5.35. The highest BCUT2D eigenvalue weighted by atomic mass is 16.5. The number of hydrogen-bond acceptors (Lipinski definition) is 5. The van der Waals surface area contributed by atoms with Gasteiger partial charge in [-0.15, -0.1) is 0 Å². The zero-order chi connectivity index (χ0) is 12.8. The van der Waals surface area contributed by atoms with Gasteiger partial charge in [-0.2, -0.15) is 0 Å². The van der Waals surface area contributed by atoms with Crippen LogP contribution in [0.25, 0.3) is 0 Å². The molecule has 1 aliphatic rings. The minimum absolute atomic E-state index is 0.769. The molecule has 0 aromatic carbocycles. The smallest absolute Gasteiger partial charge is 0.225 e. The molecule has 2 heterocycles. The van der Waals surface area contributed by atoms with Crippen molar-refractivity contribution in [1.82, 2.24) is 15.3 Å². The Bertz CT molecular complexity index is 377. The van der Waals surface area contributed by atoms with Gasteiger partial charge in [-0.3, -0.25) is 0 Å². The molecule has 1 saturated heterocycles. The lowest BCUT2D eigenvalue weighted by Gasteiger charge is -2.27. The Morgan fingerprint density at radius 3 is 2.83 bits per heavy atom. The zero-order valence-electron chi connectivity index (χ0n) is 11.3. The molecule has 5 nitrogen and oxygen atoms in total. The number of morpholine rings is 1. The van der Waals surface area contributed by atoms with Crippen molar-refractivity contribution in [2.75, 3.05) is 38.3 Å². The summed E-state index contributed by atoms with van der Waals surface area (Å²) in [5.41, 5.74) is 2.37. The molecule has 1 aromatic heterocycles. The van der Waals surface area contributed by atoms with Crippen molar-refractivity contribution >= 4 is 5.95 Å². The molecule has 1 N–H and O–H groups in total. The first-order chi connectivity index (χ1) is 8.85. The van der Waals surface area contributed by atoms with Crippen LogP contribution in [0.5, 0.6) is 0 Å². The predicted octanol–water partition coefficient (Wildman–Crippen LogP) is 0.985. The highest BCUT2D eigenvalue weighted by Gasteiger charge is 2.15. The monoisotopic (exact) mass is 250 g/mol. The fourth-order valence-electron chi connectivity index (χ4n) is 2.14. The third-order valence-corrected chi connectivity index (χ3v) is 3.09. The summed E-state index contributed by atoms with van der Waals surface area (Å²) in [7, 11) is 1.95. The number of anilines is 1. The topological polar surface area (TPSA) is 50.3 Å². The standard InChI is InChI=1S/C13H22N4O/c1-3-4-12-11(9-14-2)10-15-13(16-12)17-5-7-18-8-6-17/h10,14H,3-9H2,1-2H3. The molecule has 0 radical (unpaired) electrons. The molecule has 1 aromatic rings. The minimum atomic E-state index is 0.769. The average Bonchev–Trinajstić information content (AvgIpc) is 2.42. The predicted molar refractivity (Wildman–Crippen MR) is 71.8 cm³/mol. The molecule has 1 fully saturated rings. The number of nitrogens with one attached hydrogen (secondary N) is 1. The summed E-state index contributed by atoms with van der Waals surface area (Å²) in [5.74, 6) is 0.849. The Hall–Kier alpha value is -1.20. The Kier molecular flexibility index (Phi) is 4.90. The molecular formula is C13H22N4O. The van der Waals surface area contributed by atoms with Gasteiger partial charge < -0.3 is 15.0 Å². The van der Waals surface area contributed by atoms with E-state index in [1.807, 2.05) is 13.2 Å². The summed E-state index contributed by atoms with van der Waals surface area (Å²) in [6, 6.07) is 0. The summed E-state index contributed by atoms with van der Waals surface area (Å²) in [4.78, 5) is 11.4. The van der Waals surface area contributed by atoms with Crippen LogP contribution in [0, 0.1) is 0 Å². The molecule has 18 heavy (non-hydrogen) atoms. The van der Waals surface area contributed by atoms with Crippen LogP contribution in [0.1, 0.15) is 24.6 Å². The van der Waals surface area contributed by atoms with E-state index in [1.54, 1.807) is 0 Å². The SMILES string of the molecule is CCCc1nc(N2CCOCC2)ncc1CNC. The second kappa shape index (κ2) is 6.66. The Morgan fingerprint density at radius 2 is 2.17 bits per heavy atom. The maximum Gasteiger partial charge on any atom is 0.225 e. The number of rotatable bonds is 5. The molecule has 0 bridgehead atoms. The van der Waals surface area contributed by atoms with Crippen LogP contribution < -0.4 is 10.2 Å². The molecule has 0 amide bonds. The van der Waals surface area contributed by atoms with E-state index in [1.165, 1.54) is 11.3 Å². The molecule has 0 aliphatic carbocycles. The summed E-state index contributed by atoms with van der Waals surface area (Å²) < 4.78 is 5.35. The van der Waals surface area contributed by atoms with Gasteiger partial charge in [0.05, 0.1) is 18.9 Å². The Balaban J connectivity index is 2.18. The van der Waals surface area contributed by atoms with Crippen molar-refractivity contribution in [3.05, 3.63) is 17.5 Å². The maximum atomic E-state index is 5.35.